The van der Waals surface area contributed by atoms with Gasteiger partial charge < -0.3 is 24.1 Å². The van der Waals surface area contributed by atoms with Gasteiger partial charge in [0.1, 0.15) is 4.75 Å². The number of hydrogen-bond acceptors (Lipinski definition) is 7. The first-order valence-corrected chi connectivity index (χ1v) is 14.3. The third-order valence-electron chi connectivity index (χ3n) is 7.51. The average molecular weight is 566 g/mol. The number of carbonyl (C=O) groups is 1. The second kappa shape index (κ2) is 13.3. The smallest absolute Gasteiger partial charge is 0.324 e. The summed E-state index contributed by atoms with van der Waals surface area (Å²) in [7, 11) is 6.47. The molecule has 3 aromatic rings. The summed E-state index contributed by atoms with van der Waals surface area (Å²) < 4.78 is 20.7. The monoisotopic (exact) mass is 565 g/mol. The van der Waals surface area contributed by atoms with Crippen molar-refractivity contribution in [3.8, 4) is 23.0 Å². The van der Waals surface area contributed by atoms with Crippen LogP contribution >= 0.6 is 11.8 Å². The van der Waals surface area contributed by atoms with Crippen LogP contribution in [0.1, 0.15) is 47.9 Å². The third-order valence-corrected chi connectivity index (χ3v) is 8.98. The Morgan fingerprint density at radius 2 is 1.38 bits per heavy atom. The molecular formula is C32H39NO6S. The van der Waals surface area contributed by atoms with Crippen molar-refractivity contribution in [2.24, 2.45) is 0 Å². The second-order valence-corrected chi connectivity index (χ2v) is 11.5. The van der Waals surface area contributed by atoms with Crippen LogP contribution in [-0.4, -0.2) is 51.0 Å². The van der Waals surface area contributed by atoms with Crippen LogP contribution in [0.15, 0.2) is 59.5 Å². The van der Waals surface area contributed by atoms with E-state index in [9.17, 15) is 9.90 Å². The zero-order valence-corrected chi connectivity index (χ0v) is 24.8. The molecule has 40 heavy (non-hydrogen) atoms. The van der Waals surface area contributed by atoms with Gasteiger partial charge in [-0.25, -0.2) is 0 Å². The highest BCUT2D eigenvalue weighted by Gasteiger charge is 2.42. The summed E-state index contributed by atoms with van der Waals surface area (Å²) in [6, 6.07) is 17.6. The summed E-state index contributed by atoms with van der Waals surface area (Å²) in [4.78, 5) is 16.4. The summed E-state index contributed by atoms with van der Waals surface area (Å²) in [5.41, 5.74) is 4.37. The predicted molar refractivity (Wildman–Crippen MR) is 158 cm³/mol. The summed E-state index contributed by atoms with van der Waals surface area (Å²) >= 11 is 1.39. The number of carboxylic acid groups (broad SMARTS) is 1. The summed E-state index contributed by atoms with van der Waals surface area (Å²) in [5, 5.41) is 10.7. The standard InChI is InChI=1S/C32H39NO6S/c1-22-9-12-26(13-10-22)40-32(31(34)35,25-11-14-27(36-2)30(19-25)39-5)15-7-6-8-16-33-20-23-17-28(37-3)29(38-4)18-24(23)21-33/h9-14,17-19H,6-8,15-16,20-21H2,1-5H3,(H,34,35). The number of thioether (sulfide) groups is 1. The van der Waals surface area contributed by atoms with Crippen molar-refractivity contribution in [1.82, 2.24) is 4.90 Å². The zero-order chi connectivity index (χ0) is 28.7. The van der Waals surface area contributed by atoms with Crippen molar-refractivity contribution >= 4 is 17.7 Å². The molecule has 3 aromatic carbocycles. The Labute approximate surface area is 241 Å². The fraction of sp³-hybridized carbons (Fsp3) is 0.406. The van der Waals surface area contributed by atoms with Gasteiger partial charge in [0.25, 0.3) is 0 Å². The number of fused-ring (bicyclic) bond motifs is 1. The Morgan fingerprint density at radius 3 is 1.93 bits per heavy atom. The molecule has 0 spiro atoms. The number of rotatable bonds is 14. The minimum atomic E-state index is -1.16. The summed E-state index contributed by atoms with van der Waals surface area (Å²) in [5.74, 6) is 1.76. The number of carboxylic acids is 1. The molecule has 1 aliphatic rings. The molecule has 1 unspecified atom stereocenters. The van der Waals surface area contributed by atoms with Gasteiger partial charge in [0.2, 0.25) is 0 Å². The average Bonchev–Trinajstić information content (AvgIpc) is 3.37. The van der Waals surface area contributed by atoms with Crippen LogP contribution in [0.3, 0.4) is 0 Å². The normalized spacial score (nSPS) is 14.3. The lowest BCUT2D eigenvalue weighted by atomic mass is 9.91. The SMILES string of the molecule is COc1ccc(C(CCCCCN2Cc3cc(OC)c(OC)cc3C2)(Sc2ccc(C)cc2)C(=O)O)cc1OC. The molecule has 0 saturated heterocycles. The maximum atomic E-state index is 13.0. The van der Waals surface area contributed by atoms with Crippen molar-refractivity contribution in [2.75, 3.05) is 35.0 Å². The van der Waals surface area contributed by atoms with E-state index in [1.807, 2.05) is 37.3 Å². The number of ether oxygens (including phenoxy) is 4. The van der Waals surface area contributed by atoms with Gasteiger partial charge in [-0.3, -0.25) is 9.69 Å². The molecule has 0 aromatic heterocycles. The second-order valence-electron chi connectivity index (χ2n) is 10.1. The van der Waals surface area contributed by atoms with Crippen LogP contribution in [0.2, 0.25) is 0 Å². The molecule has 1 heterocycles. The van der Waals surface area contributed by atoms with Crippen molar-refractivity contribution < 1.29 is 28.8 Å². The zero-order valence-electron chi connectivity index (χ0n) is 24.0. The molecule has 0 aliphatic carbocycles. The highest BCUT2D eigenvalue weighted by atomic mass is 32.2. The molecule has 0 saturated carbocycles. The Kier molecular flexibility index (Phi) is 9.87. The number of methoxy groups -OCH3 is 4. The van der Waals surface area contributed by atoms with Gasteiger partial charge in [-0.05, 0) is 79.4 Å². The van der Waals surface area contributed by atoms with E-state index < -0.39 is 10.7 Å². The van der Waals surface area contributed by atoms with E-state index >= 15 is 0 Å². The van der Waals surface area contributed by atoms with Gasteiger partial charge in [0.05, 0.1) is 28.4 Å². The number of hydrogen-bond donors (Lipinski definition) is 1. The van der Waals surface area contributed by atoms with E-state index in [1.54, 1.807) is 40.6 Å². The first-order chi connectivity index (χ1) is 19.3. The number of unbranched alkanes of at least 4 members (excludes halogenated alkanes) is 2. The Hall–Kier alpha value is -3.36. The molecular weight excluding hydrogens is 526 g/mol. The fourth-order valence-electron chi connectivity index (χ4n) is 5.26. The van der Waals surface area contributed by atoms with E-state index in [0.717, 1.165) is 60.9 Å². The summed E-state index contributed by atoms with van der Waals surface area (Å²) in [6.45, 7) is 4.73. The van der Waals surface area contributed by atoms with Gasteiger partial charge in [-0.1, -0.05) is 36.6 Å². The molecule has 0 amide bonds. The largest absolute Gasteiger partial charge is 0.493 e. The highest BCUT2D eigenvalue weighted by molar-refractivity contribution is 8.01. The van der Waals surface area contributed by atoms with Gasteiger partial charge >= 0.3 is 5.97 Å². The molecule has 1 aliphatic heterocycles. The molecule has 1 atom stereocenters. The molecule has 0 radical (unpaired) electrons. The Bertz CT molecular complexity index is 1280. The maximum Gasteiger partial charge on any atom is 0.324 e. The molecule has 214 valence electrons. The minimum absolute atomic E-state index is 0.491. The first kappa shape index (κ1) is 29.6. The maximum absolute atomic E-state index is 13.0. The van der Waals surface area contributed by atoms with Crippen molar-refractivity contribution in [3.05, 3.63) is 76.9 Å². The highest BCUT2D eigenvalue weighted by Crippen LogP contribution is 2.48. The quantitative estimate of drug-likeness (QED) is 0.171. The molecule has 1 N–H and O–H groups in total. The van der Waals surface area contributed by atoms with Crippen LogP contribution in [0, 0.1) is 6.92 Å². The van der Waals surface area contributed by atoms with E-state index in [0.29, 0.717) is 23.5 Å². The molecule has 0 fully saturated rings. The van der Waals surface area contributed by atoms with Crippen molar-refractivity contribution in [1.29, 1.82) is 0 Å². The van der Waals surface area contributed by atoms with Gasteiger partial charge in [-0.2, -0.15) is 0 Å². The summed E-state index contributed by atoms with van der Waals surface area (Å²) in [6.07, 6.45) is 3.18. The molecule has 7 nitrogen and oxygen atoms in total. The van der Waals surface area contributed by atoms with E-state index in [2.05, 4.69) is 17.0 Å². The lowest BCUT2D eigenvalue weighted by Crippen LogP contribution is -2.32. The Balaban J connectivity index is 1.45. The first-order valence-electron chi connectivity index (χ1n) is 13.5. The lowest BCUT2D eigenvalue weighted by Gasteiger charge is -2.30. The minimum Gasteiger partial charge on any atom is -0.493 e. The van der Waals surface area contributed by atoms with Crippen LogP contribution < -0.4 is 18.9 Å². The van der Waals surface area contributed by atoms with Crippen molar-refractivity contribution in [3.63, 3.8) is 0 Å². The van der Waals surface area contributed by atoms with Crippen LogP contribution in [0.25, 0.3) is 0 Å². The Morgan fingerprint density at radius 1 is 0.800 bits per heavy atom. The topological polar surface area (TPSA) is 77.5 Å². The number of nitrogens with zero attached hydrogens (tertiary/aromatic N) is 1. The fourth-order valence-corrected chi connectivity index (χ4v) is 6.52. The van der Waals surface area contributed by atoms with Gasteiger partial charge in [0.15, 0.2) is 23.0 Å². The van der Waals surface area contributed by atoms with E-state index in [1.165, 1.54) is 22.9 Å². The predicted octanol–water partition coefficient (Wildman–Crippen LogP) is 6.68. The van der Waals surface area contributed by atoms with E-state index in [4.69, 9.17) is 18.9 Å². The van der Waals surface area contributed by atoms with Gasteiger partial charge in [-0.15, -0.1) is 11.8 Å². The van der Waals surface area contributed by atoms with Crippen molar-refractivity contribution in [2.45, 2.75) is 55.3 Å². The molecule has 8 heteroatoms. The number of aliphatic carboxylic acids is 1. The molecule has 0 bridgehead atoms. The van der Waals surface area contributed by atoms with Crippen LogP contribution in [0.5, 0.6) is 23.0 Å². The molecule has 4 rings (SSSR count). The van der Waals surface area contributed by atoms with Gasteiger partial charge in [0, 0.05) is 18.0 Å². The number of aryl methyl sites for hydroxylation is 1. The van der Waals surface area contributed by atoms with Crippen LogP contribution in [0.4, 0.5) is 0 Å². The third kappa shape index (κ3) is 6.50. The van der Waals surface area contributed by atoms with Crippen LogP contribution in [-0.2, 0) is 22.6 Å². The van der Waals surface area contributed by atoms with E-state index in [-0.39, 0.29) is 0 Å². The lowest BCUT2D eigenvalue weighted by molar-refractivity contribution is -0.140. The number of benzene rings is 3.